The summed E-state index contributed by atoms with van der Waals surface area (Å²) in [5.41, 5.74) is 2.92. The molecule has 1 unspecified atom stereocenters. The number of methoxy groups -OCH3 is 1. The van der Waals surface area contributed by atoms with Gasteiger partial charge in [0.25, 0.3) is 0 Å². The Labute approximate surface area is 154 Å². The predicted molar refractivity (Wildman–Crippen MR) is 96.7 cm³/mol. The lowest BCUT2D eigenvalue weighted by Crippen LogP contribution is -2.28. The van der Waals surface area contributed by atoms with Crippen LogP contribution in [0.15, 0.2) is 36.5 Å². The fraction of sp³-hybridized carbons (Fsp3) is 0.294. The van der Waals surface area contributed by atoms with Crippen LogP contribution in [0, 0.1) is 6.92 Å². The van der Waals surface area contributed by atoms with Gasteiger partial charge in [-0.1, -0.05) is 23.7 Å². The van der Waals surface area contributed by atoms with E-state index in [1.165, 1.54) is 17.6 Å². The molecule has 8 heteroatoms. The SMILES string of the molecule is COC(=O)c1ccc(CN(CCc2ccc(Cl)c(C)c2)S(=O)O)nc1. The van der Waals surface area contributed by atoms with Crippen LogP contribution in [0.4, 0.5) is 0 Å². The first-order valence-electron chi connectivity index (χ1n) is 7.55. The maximum absolute atomic E-state index is 11.6. The first-order valence-corrected chi connectivity index (χ1v) is 8.99. The fourth-order valence-electron chi connectivity index (χ4n) is 2.27. The third-order valence-electron chi connectivity index (χ3n) is 3.68. The number of hydrogen-bond acceptors (Lipinski definition) is 4. The van der Waals surface area contributed by atoms with Gasteiger partial charge >= 0.3 is 5.97 Å². The van der Waals surface area contributed by atoms with Gasteiger partial charge in [0, 0.05) is 17.8 Å². The summed E-state index contributed by atoms with van der Waals surface area (Å²) in [6.07, 6.45) is 1.99. The zero-order valence-corrected chi connectivity index (χ0v) is 15.5. The number of halogens is 1. The summed E-state index contributed by atoms with van der Waals surface area (Å²) in [6.45, 7) is 2.49. The molecule has 0 saturated carbocycles. The van der Waals surface area contributed by atoms with Crippen LogP contribution in [0.3, 0.4) is 0 Å². The number of aryl methyl sites for hydroxylation is 1. The Hall–Kier alpha value is -1.80. The summed E-state index contributed by atoms with van der Waals surface area (Å²) in [6, 6.07) is 8.90. The van der Waals surface area contributed by atoms with E-state index in [-0.39, 0.29) is 6.54 Å². The normalized spacial score (nSPS) is 12.2. The highest BCUT2D eigenvalue weighted by molar-refractivity contribution is 7.76. The Bertz CT molecular complexity index is 768. The van der Waals surface area contributed by atoms with Crippen LogP contribution in [0.2, 0.25) is 5.02 Å². The van der Waals surface area contributed by atoms with E-state index >= 15 is 0 Å². The minimum Gasteiger partial charge on any atom is -0.465 e. The van der Waals surface area contributed by atoms with E-state index in [9.17, 15) is 13.6 Å². The van der Waals surface area contributed by atoms with Crippen LogP contribution in [0.1, 0.15) is 27.2 Å². The minimum absolute atomic E-state index is 0.192. The highest BCUT2D eigenvalue weighted by Crippen LogP contribution is 2.17. The molecule has 0 aliphatic rings. The second kappa shape index (κ2) is 9.05. The third kappa shape index (κ3) is 5.61. The Morgan fingerprint density at radius 3 is 2.68 bits per heavy atom. The van der Waals surface area contributed by atoms with Gasteiger partial charge in [0.15, 0.2) is 0 Å². The van der Waals surface area contributed by atoms with Crippen molar-refractivity contribution >= 4 is 28.8 Å². The van der Waals surface area contributed by atoms with E-state index < -0.39 is 17.2 Å². The van der Waals surface area contributed by atoms with Gasteiger partial charge in [-0.25, -0.2) is 9.00 Å². The molecule has 25 heavy (non-hydrogen) atoms. The van der Waals surface area contributed by atoms with Crippen LogP contribution in [-0.2, 0) is 29.0 Å². The van der Waals surface area contributed by atoms with Gasteiger partial charge in [-0.2, -0.15) is 4.31 Å². The smallest absolute Gasteiger partial charge is 0.339 e. The summed E-state index contributed by atoms with van der Waals surface area (Å²) in [7, 11) is 1.30. The predicted octanol–water partition coefficient (Wildman–Crippen LogP) is 3.01. The molecule has 134 valence electrons. The molecule has 0 bridgehead atoms. The Morgan fingerprint density at radius 2 is 2.12 bits per heavy atom. The molecule has 0 spiro atoms. The molecule has 0 amide bonds. The first-order chi connectivity index (χ1) is 11.9. The molecular formula is C17H19ClN2O4S. The van der Waals surface area contributed by atoms with Crippen molar-refractivity contribution in [3.05, 3.63) is 63.9 Å². The van der Waals surface area contributed by atoms with E-state index in [0.29, 0.717) is 29.2 Å². The van der Waals surface area contributed by atoms with Crippen molar-refractivity contribution in [2.45, 2.75) is 19.9 Å². The van der Waals surface area contributed by atoms with Gasteiger partial charge in [-0.15, -0.1) is 0 Å². The van der Waals surface area contributed by atoms with Gasteiger partial charge in [-0.05, 0) is 42.7 Å². The number of carbonyl (C=O) groups excluding carboxylic acids is 1. The fourth-order valence-corrected chi connectivity index (χ4v) is 2.87. The molecule has 0 aliphatic carbocycles. The van der Waals surface area contributed by atoms with E-state index in [0.717, 1.165) is 11.1 Å². The number of ether oxygens (including phenoxy) is 1. The number of rotatable bonds is 7. The monoisotopic (exact) mass is 382 g/mol. The second-order valence-corrected chi connectivity index (χ2v) is 6.84. The van der Waals surface area contributed by atoms with Crippen LogP contribution < -0.4 is 0 Å². The van der Waals surface area contributed by atoms with Crippen molar-refractivity contribution in [1.29, 1.82) is 0 Å². The van der Waals surface area contributed by atoms with E-state index in [4.69, 9.17) is 11.6 Å². The van der Waals surface area contributed by atoms with Gasteiger partial charge in [-0.3, -0.25) is 9.54 Å². The van der Waals surface area contributed by atoms with Crippen molar-refractivity contribution in [3.63, 3.8) is 0 Å². The standard InChI is InChI=1S/C17H19ClN2O4S/c1-12-9-13(3-6-16(12)18)7-8-20(25(22)23)11-15-5-4-14(10-19-15)17(21)24-2/h3-6,9-10H,7-8,11H2,1-2H3,(H,22,23). The molecule has 0 aliphatic heterocycles. The molecule has 2 rings (SSSR count). The molecule has 1 atom stereocenters. The maximum atomic E-state index is 11.6. The van der Waals surface area contributed by atoms with E-state index in [2.05, 4.69) is 9.72 Å². The topological polar surface area (TPSA) is 79.7 Å². The first kappa shape index (κ1) is 19.5. The summed E-state index contributed by atoms with van der Waals surface area (Å²) < 4.78 is 27.1. The lowest BCUT2D eigenvalue weighted by atomic mass is 10.1. The van der Waals surface area contributed by atoms with Crippen molar-refractivity contribution in [3.8, 4) is 0 Å². The average molecular weight is 383 g/mol. The summed E-state index contributed by atoms with van der Waals surface area (Å²) in [5.74, 6) is -0.472. The molecule has 1 N–H and O–H groups in total. The van der Waals surface area contributed by atoms with Crippen LogP contribution in [0.5, 0.6) is 0 Å². The maximum Gasteiger partial charge on any atom is 0.339 e. The number of pyridine rings is 1. The number of carbonyl (C=O) groups is 1. The largest absolute Gasteiger partial charge is 0.465 e. The summed E-state index contributed by atoms with van der Waals surface area (Å²) >= 11 is 3.88. The number of esters is 1. The van der Waals surface area contributed by atoms with Gasteiger partial charge < -0.3 is 4.74 Å². The van der Waals surface area contributed by atoms with Crippen molar-refractivity contribution in [2.75, 3.05) is 13.7 Å². The number of nitrogens with zero attached hydrogens (tertiary/aromatic N) is 2. The minimum atomic E-state index is -2.13. The number of benzene rings is 1. The molecule has 1 heterocycles. The number of aromatic nitrogens is 1. The van der Waals surface area contributed by atoms with E-state index in [1.807, 2.05) is 25.1 Å². The molecule has 0 radical (unpaired) electrons. The Morgan fingerprint density at radius 1 is 1.36 bits per heavy atom. The van der Waals surface area contributed by atoms with Crippen molar-refractivity contribution < 1.29 is 18.3 Å². The van der Waals surface area contributed by atoms with Crippen LogP contribution in [0.25, 0.3) is 0 Å². The third-order valence-corrected chi connectivity index (χ3v) is 4.85. The van der Waals surface area contributed by atoms with Crippen molar-refractivity contribution in [2.24, 2.45) is 0 Å². The Kier molecular flexibility index (Phi) is 7.07. The lowest BCUT2D eigenvalue weighted by Gasteiger charge is -2.17. The zero-order chi connectivity index (χ0) is 18.4. The molecule has 0 saturated heterocycles. The average Bonchev–Trinajstić information content (AvgIpc) is 2.61. The molecular weight excluding hydrogens is 364 g/mol. The van der Waals surface area contributed by atoms with Crippen molar-refractivity contribution in [1.82, 2.24) is 9.29 Å². The van der Waals surface area contributed by atoms with Gasteiger partial charge in [0.1, 0.15) is 0 Å². The van der Waals surface area contributed by atoms with Gasteiger partial charge in [0.05, 0.1) is 24.9 Å². The van der Waals surface area contributed by atoms with Gasteiger partial charge in [0.2, 0.25) is 11.3 Å². The molecule has 1 aromatic heterocycles. The Balaban J connectivity index is 2.01. The zero-order valence-electron chi connectivity index (χ0n) is 13.9. The summed E-state index contributed by atoms with van der Waals surface area (Å²) in [4.78, 5) is 15.5. The highest BCUT2D eigenvalue weighted by atomic mass is 35.5. The highest BCUT2D eigenvalue weighted by Gasteiger charge is 2.14. The molecule has 0 fully saturated rings. The van der Waals surface area contributed by atoms with E-state index in [1.54, 1.807) is 12.1 Å². The molecule has 6 nitrogen and oxygen atoms in total. The van der Waals surface area contributed by atoms with Crippen LogP contribution in [-0.4, -0.2) is 37.7 Å². The van der Waals surface area contributed by atoms with Crippen LogP contribution >= 0.6 is 11.6 Å². The molecule has 2 aromatic rings. The quantitative estimate of drug-likeness (QED) is 0.588. The second-order valence-electron chi connectivity index (χ2n) is 5.46. The molecule has 1 aromatic carbocycles. The lowest BCUT2D eigenvalue weighted by molar-refractivity contribution is 0.0600. The number of hydrogen-bond donors (Lipinski definition) is 1. The summed E-state index contributed by atoms with van der Waals surface area (Å²) in [5, 5.41) is 0.696.